The van der Waals surface area contributed by atoms with Crippen molar-refractivity contribution in [3.8, 4) is 6.07 Å². The standard InChI is InChI=1S/C21H13Cl6N3O2/c22-12-2-1-10(7-11(12)18(31)30-20(8-28)3-4-20)29-19(32)16-15(21(16,26)27)9-5-13(23)17(25)14(24)6-9/h1-2,5-7,15-16H,3-4H2,(H,29,32)(H,30,31)/t15-,16+/m0/s1. The van der Waals surface area contributed by atoms with Crippen molar-refractivity contribution in [2.24, 2.45) is 5.92 Å². The fourth-order valence-electron chi connectivity index (χ4n) is 3.49. The molecule has 32 heavy (non-hydrogen) atoms. The van der Waals surface area contributed by atoms with Crippen molar-refractivity contribution in [3.63, 3.8) is 0 Å². The second-order valence-electron chi connectivity index (χ2n) is 7.76. The number of amides is 2. The maximum absolute atomic E-state index is 12.9. The zero-order valence-electron chi connectivity index (χ0n) is 16.0. The van der Waals surface area contributed by atoms with Crippen LogP contribution in [0.3, 0.4) is 0 Å². The molecule has 2 aromatic carbocycles. The van der Waals surface area contributed by atoms with E-state index in [1.165, 1.54) is 12.1 Å². The summed E-state index contributed by atoms with van der Waals surface area (Å²) in [6.07, 6.45) is 1.16. The molecule has 0 bridgehead atoms. The van der Waals surface area contributed by atoms with Crippen LogP contribution in [0, 0.1) is 17.2 Å². The molecule has 0 spiro atoms. The highest BCUT2D eigenvalue weighted by molar-refractivity contribution is 6.54. The number of rotatable bonds is 5. The summed E-state index contributed by atoms with van der Waals surface area (Å²) in [6.45, 7) is 0. The molecule has 2 aliphatic carbocycles. The van der Waals surface area contributed by atoms with E-state index in [1.54, 1.807) is 18.2 Å². The van der Waals surface area contributed by atoms with Gasteiger partial charge >= 0.3 is 0 Å². The Bertz CT molecular complexity index is 1170. The van der Waals surface area contributed by atoms with E-state index in [2.05, 4.69) is 16.7 Å². The van der Waals surface area contributed by atoms with Crippen LogP contribution in [-0.2, 0) is 4.79 Å². The van der Waals surface area contributed by atoms with E-state index in [1.807, 2.05) is 0 Å². The fraction of sp³-hybridized carbons (Fsp3) is 0.286. The summed E-state index contributed by atoms with van der Waals surface area (Å²) in [5, 5.41) is 15.4. The Kier molecular flexibility index (Phi) is 6.26. The lowest BCUT2D eigenvalue weighted by atomic mass is 10.1. The minimum absolute atomic E-state index is 0.137. The molecular formula is C21H13Cl6N3O2. The van der Waals surface area contributed by atoms with Crippen molar-refractivity contribution in [1.82, 2.24) is 5.32 Å². The highest BCUT2D eigenvalue weighted by atomic mass is 35.5. The predicted molar refractivity (Wildman–Crippen MR) is 127 cm³/mol. The van der Waals surface area contributed by atoms with Gasteiger partial charge in [-0.05, 0) is 48.7 Å². The van der Waals surface area contributed by atoms with Crippen LogP contribution in [0.5, 0.6) is 0 Å². The summed E-state index contributed by atoms with van der Waals surface area (Å²) in [5.74, 6) is -2.30. The number of hydrogen-bond acceptors (Lipinski definition) is 3. The first kappa shape index (κ1) is 23.8. The van der Waals surface area contributed by atoms with Crippen molar-refractivity contribution >= 4 is 87.1 Å². The molecule has 0 aliphatic heterocycles. The number of carbonyl (C=O) groups is 2. The largest absolute Gasteiger partial charge is 0.334 e. The third-order valence-electron chi connectivity index (χ3n) is 5.50. The summed E-state index contributed by atoms with van der Waals surface area (Å²) < 4.78 is -1.37. The Hall–Kier alpha value is -1.39. The summed E-state index contributed by atoms with van der Waals surface area (Å²) in [6, 6.07) is 9.68. The third kappa shape index (κ3) is 4.37. The van der Waals surface area contributed by atoms with Crippen LogP contribution in [0.25, 0.3) is 0 Å². The van der Waals surface area contributed by atoms with Gasteiger partial charge in [-0.25, -0.2) is 0 Å². The third-order valence-corrected chi connectivity index (χ3v) is 7.96. The molecule has 2 aliphatic rings. The lowest BCUT2D eigenvalue weighted by Crippen LogP contribution is -2.35. The second-order valence-corrected chi connectivity index (χ2v) is 10.8. The van der Waals surface area contributed by atoms with Gasteiger partial charge in [0.2, 0.25) is 5.91 Å². The first-order chi connectivity index (χ1) is 15.0. The number of halogens is 6. The summed E-state index contributed by atoms with van der Waals surface area (Å²) in [4.78, 5) is 25.5. The molecule has 2 saturated carbocycles. The molecule has 2 fully saturated rings. The van der Waals surface area contributed by atoms with Crippen molar-refractivity contribution in [2.75, 3.05) is 5.32 Å². The van der Waals surface area contributed by atoms with Crippen LogP contribution in [0.15, 0.2) is 30.3 Å². The fourth-order valence-corrected chi connectivity index (χ4v) is 5.14. The lowest BCUT2D eigenvalue weighted by molar-refractivity contribution is -0.117. The predicted octanol–water partition coefficient (Wildman–Crippen LogP) is 6.61. The van der Waals surface area contributed by atoms with Crippen LogP contribution in [0.4, 0.5) is 5.69 Å². The first-order valence-corrected chi connectivity index (χ1v) is 11.6. The first-order valence-electron chi connectivity index (χ1n) is 9.35. The molecule has 5 nitrogen and oxygen atoms in total. The van der Waals surface area contributed by atoms with Gasteiger partial charge in [0, 0.05) is 11.6 Å². The number of hydrogen-bond donors (Lipinski definition) is 2. The van der Waals surface area contributed by atoms with Gasteiger partial charge in [-0.3, -0.25) is 9.59 Å². The van der Waals surface area contributed by atoms with E-state index in [0.29, 0.717) is 24.1 Å². The molecule has 0 aromatic heterocycles. The van der Waals surface area contributed by atoms with Crippen LogP contribution in [0.2, 0.25) is 20.1 Å². The normalized spacial score (nSPS) is 21.9. The molecule has 0 heterocycles. The summed E-state index contributed by atoms with van der Waals surface area (Å²) in [5.41, 5.74) is 0.196. The Morgan fingerprint density at radius 2 is 1.62 bits per heavy atom. The molecule has 2 N–H and O–H groups in total. The minimum Gasteiger partial charge on any atom is -0.334 e. The van der Waals surface area contributed by atoms with Crippen molar-refractivity contribution in [2.45, 2.75) is 28.6 Å². The van der Waals surface area contributed by atoms with Crippen LogP contribution in [-0.4, -0.2) is 21.7 Å². The molecule has 166 valence electrons. The summed E-state index contributed by atoms with van der Waals surface area (Å²) >= 11 is 37.1. The minimum atomic E-state index is -1.37. The number of alkyl halides is 2. The maximum Gasteiger partial charge on any atom is 0.254 e. The number of carbonyl (C=O) groups excluding carboxylic acids is 2. The van der Waals surface area contributed by atoms with E-state index < -0.39 is 33.5 Å². The number of nitrogens with zero attached hydrogens (tertiary/aromatic N) is 1. The zero-order chi connectivity index (χ0) is 23.4. The molecule has 2 amide bonds. The van der Waals surface area contributed by atoms with Crippen LogP contribution >= 0.6 is 69.6 Å². The Morgan fingerprint density at radius 1 is 1.00 bits per heavy atom. The molecule has 0 radical (unpaired) electrons. The molecule has 4 rings (SSSR count). The van der Waals surface area contributed by atoms with Crippen molar-refractivity contribution < 1.29 is 9.59 Å². The smallest absolute Gasteiger partial charge is 0.254 e. The molecule has 0 unspecified atom stereocenters. The lowest BCUT2D eigenvalue weighted by Gasteiger charge is -2.12. The van der Waals surface area contributed by atoms with Gasteiger partial charge in [0.1, 0.15) is 9.87 Å². The molecular weight excluding hydrogens is 539 g/mol. The van der Waals surface area contributed by atoms with Crippen molar-refractivity contribution in [1.29, 1.82) is 5.26 Å². The molecule has 2 aromatic rings. The second kappa shape index (κ2) is 8.43. The van der Waals surface area contributed by atoms with Gasteiger partial charge in [0.15, 0.2) is 0 Å². The Morgan fingerprint density at radius 3 is 2.19 bits per heavy atom. The topological polar surface area (TPSA) is 82.0 Å². The molecule has 0 saturated heterocycles. The van der Waals surface area contributed by atoms with Crippen LogP contribution < -0.4 is 10.6 Å². The SMILES string of the molecule is N#CC1(NC(=O)c2cc(NC(=O)[C@H]3[C@H](c4cc(Cl)c(Cl)c(Cl)c4)C3(Cl)Cl)ccc2Cl)CC1. The van der Waals surface area contributed by atoms with Gasteiger partial charge in [-0.15, -0.1) is 23.2 Å². The van der Waals surface area contributed by atoms with Crippen molar-refractivity contribution in [3.05, 3.63) is 61.5 Å². The highest BCUT2D eigenvalue weighted by Gasteiger charge is 2.67. The van der Waals surface area contributed by atoms with Gasteiger partial charge in [-0.1, -0.05) is 46.4 Å². The molecule has 2 atom stereocenters. The van der Waals surface area contributed by atoms with Gasteiger partial charge < -0.3 is 10.6 Å². The van der Waals surface area contributed by atoms with E-state index in [-0.39, 0.29) is 25.7 Å². The number of anilines is 1. The number of nitrogens with one attached hydrogen (secondary N) is 2. The average Bonchev–Trinajstić information content (AvgIpc) is 3.62. The average molecular weight is 552 g/mol. The van der Waals surface area contributed by atoms with E-state index >= 15 is 0 Å². The summed E-state index contributed by atoms with van der Waals surface area (Å²) in [7, 11) is 0. The van der Waals surface area contributed by atoms with Gasteiger partial charge in [0.25, 0.3) is 5.91 Å². The number of benzene rings is 2. The maximum atomic E-state index is 12.9. The Balaban J connectivity index is 1.52. The zero-order valence-corrected chi connectivity index (χ0v) is 20.5. The van der Waals surface area contributed by atoms with Gasteiger partial charge in [0.05, 0.1) is 37.6 Å². The van der Waals surface area contributed by atoms with E-state index in [9.17, 15) is 14.9 Å². The van der Waals surface area contributed by atoms with E-state index in [4.69, 9.17) is 69.6 Å². The Labute approximate surface area is 213 Å². The van der Waals surface area contributed by atoms with Crippen LogP contribution in [0.1, 0.15) is 34.7 Å². The molecule has 11 heteroatoms. The quantitative estimate of drug-likeness (QED) is 0.324. The highest BCUT2D eigenvalue weighted by Crippen LogP contribution is 2.65. The number of nitriles is 1. The monoisotopic (exact) mass is 549 g/mol. The van der Waals surface area contributed by atoms with Gasteiger partial charge in [-0.2, -0.15) is 5.26 Å². The van der Waals surface area contributed by atoms with E-state index in [0.717, 1.165) is 0 Å².